The van der Waals surface area contributed by atoms with Gasteiger partial charge in [-0.25, -0.2) is 0 Å². The van der Waals surface area contributed by atoms with Gasteiger partial charge in [0.15, 0.2) is 0 Å². The SMILES string of the molecule is CCN(CC(=O)NC(C)C)C(CN)c1ccccc1Br. The third-order valence-electron chi connectivity index (χ3n) is 3.13. The summed E-state index contributed by atoms with van der Waals surface area (Å²) in [7, 11) is 0. The van der Waals surface area contributed by atoms with E-state index < -0.39 is 0 Å². The second-order valence-corrected chi connectivity index (χ2v) is 5.91. The summed E-state index contributed by atoms with van der Waals surface area (Å²) in [5, 5.41) is 2.92. The van der Waals surface area contributed by atoms with Crippen molar-refractivity contribution in [3.05, 3.63) is 34.3 Å². The minimum atomic E-state index is 0.0346. The molecule has 1 rings (SSSR count). The van der Waals surface area contributed by atoms with Gasteiger partial charge in [-0.3, -0.25) is 9.69 Å². The van der Waals surface area contributed by atoms with Crippen molar-refractivity contribution in [1.29, 1.82) is 0 Å². The maximum atomic E-state index is 12.0. The fourth-order valence-electron chi connectivity index (χ4n) is 2.21. The van der Waals surface area contributed by atoms with Crippen molar-refractivity contribution in [2.24, 2.45) is 5.73 Å². The standard InChI is InChI=1S/C15H24BrN3O/c1-4-19(10-15(20)18-11(2)3)14(9-17)12-7-5-6-8-13(12)16/h5-8,11,14H,4,9-10,17H2,1-3H3,(H,18,20). The Hall–Kier alpha value is -0.910. The van der Waals surface area contributed by atoms with Crippen molar-refractivity contribution in [3.8, 4) is 0 Å². The summed E-state index contributed by atoms with van der Waals surface area (Å²) < 4.78 is 1.03. The normalized spacial score (nSPS) is 12.8. The molecule has 1 amide bonds. The highest BCUT2D eigenvalue weighted by atomic mass is 79.9. The van der Waals surface area contributed by atoms with Crippen LogP contribution in [-0.4, -0.2) is 36.5 Å². The maximum absolute atomic E-state index is 12.0. The molecule has 1 atom stereocenters. The van der Waals surface area contributed by atoms with Crippen LogP contribution in [0.1, 0.15) is 32.4 Å². The third kappa shape index (κ3) is 4.89. The molecule has 0 saturated carbocycles. The lowest BCUT2D eigenvalue weighted by atomic mass is 10.1. The van der Waals surface area contributed by atoms with E-state index in [0.717, 1.165) is 16.6 Å². The van der Waals surface area contributed by atoms with Crippen LogP contribution in [-0.2, 0) is 4.79 Å². The third-order valence-corrected chi connectivity index (χ3v) is 3.85. The molecule has 112 valence electrons. The van der Waals surface area contributed by atoms with Crippen LogP contribution in [0, 0.1) is 0 Å². The Morgan fingerprint density at radius 1 is 1.40 bits per heavy atom. The van der Waals surface area contributed by atoms with E-state index in [-0.39, 0.29) is 18.0 Å². The molecule has 0 aliphatic heterocycles. The van der Waals surface area contributed by atoms with Crippen LogP contribution >= 0.6 is 15.9 Å². The lowest BCUT2D eigenvalue weighted by Gasteiger charge is -2.30. The molecule has 0 aliphatic rings. The van der Waals surface area contributed by atoms with Crippen LogP contribution in [0.25, 0.3) is 0 Å². The molecular weight excluding hydrogens is 318 g/mol. The molecule has 5 heteroatoms. The Morgan fingerprint density at radius 2 is 2.05 bits per heavy atom. The van der Waals surface area contributed by atoms with Crippen molar-refractivity contribution < 1.29 is 4.79 Å². The molecular formula is C15H24BrN3O. The first-order valence-electron chi connectivity index (χ1n) is 6.97. The zero-order chi connectivity index (χ0) is 15.1. The highest BCUT2D eigenvalue weighted by Crippen LogP contribution is 2.26. The van der Waals surface area contributed by atoms with E-state index in [4.69, 9.17) is 5.73 Å². The summed E-state index contributed by atoms with van der Waals surface area (Å²) in [6.07, 6.45) is 0. The summed E-state index contributed by atoms with van der Waals surface area (Å²) in [6, 6.07) is 8.20. The van der Waals surface area contributed by atoms with E-state index in [1.54, 1.807) is 0 Å². The molecule has 0 radical (unpaired) electrons. The average molecular weight is 342 g/mol. The number of nitrogens with one attached hydrogen (secondary N) is 1. The lowest BCUT2D eigenvalue weighted by molar-refractivity contribution is -0.123. The Morgan fingerprint density at radius 3 is 2.55 bits per heavy atom. The summed E-state index contributed by atoms with van der Waals surface area (Å²) >= 11 is 3.56. The van der Waals surface area contributed by atoms with Crippen LogP contribution in [0.3, 0.4) is 0 Å². The molecule has 4 nitrogen and oxygen atoms in total. The van der Waals surface area contributed by atoms with E-state index in [2.05, 4.69) is 26.1 Å². The number of carbonyl (C=O) groups is 1. The van der Waals surface area contributed by atoms with Gasteiger partial charge in [0.25, 0.3) is 0 Å². The Balaban J connectivity index is 2.85. The van der Waals surface area contributed by atoms with Crippen molar-refractivity contribution in [1.82, 2.24) is 10.2 Å². The number of nitrogens with zero attached hydrogens (tertiary/aromatic N) is 1. The first-order valence-corrected chi connectivity index (χ1v) is 7.76. The maximum Gasteiger partial charge on any atom is 0.234 e. The lowest BCUT2D eigenvalue weighted by Crippen LogP contribution is -2.43. The van der Waals surface area contributed by atoms with Gasteiger partial charge in [0.2, 0.25) is 5.91 Å². The average Bonchev–Trinajstić information content (AvgIpc) is 2.39. The molecule has 3 N–H and O–H groups in total. The number of benzene rings is 1. The zero-order valence-electron chi connectivity index (χ0n) is 12.4. The van der Waals surface area contributed by atoms with Gasteiger partial charge in [0.05, 0.1) is 6.54 Å². The molecule has 1 aromatic carbocycles. The number of rotatable bonds is 7. The van der Waals surface area contributed by atoms with Crippen molar-refractivity contribution in [2.45, 2.75) is 32.9 Å². The number of hydrogen-bond donors (Lipinski definition) is 2. The number of likely N-dealkylation sites (N-methyl/N-ethyl adjacent to an activating group) is 1. The highest BCUT2D eigenvalue weighted by Gasteiger charge is 2.21. The van der Waals surface area contributed by atoms with E-state index in [1.807, 2.05) is 45.0 Å². The Kier molecular flexibility index (Phi) is 7.19. The first-order chi connectivity index (χ1) is 9.49. The van der Waals surface area contributed by atoms with E-state index >= 15 is 0 Å². The largest absolute Gasteiger partial charge is 0.353 e. The van der Waals surface area contributed by atoms with Crippen LogP contribution in [0.5, 0.6) is 0 Å². The van der Waals surface area contributed by atoms with Gasteiger partial charge in [-0.2, -0.15) is 0 Å². The summed E-state index contributed by atoms with van der Waals surface area (Å²) in [5.74, 6) is 0.0346. The number of amides is 1. The molecule has 0 spiro atoms. The molecule has 20 heavy (non-hydrogen) atoms. The van der Waals surface area contributed by atoms with Gasteiger partial charge >= 0.3 is 0 Å². The quantitative estimate of drug-likeness (QED) is 0.799. The molecule has 0 aromatic heterocycles. The summed E-state index contributed by atoms with van der Waals surface area (Å²) in [4.78, 5) is 14.0. The smallest absolute Gasteiger partial charge is 0.234 e. The molecule has 1 aromatic rings. The predicted molar refractivity (Wildman–Crippen MR) is 86.5 cm³/mol. The minimum absolute atomic E-state index is 0.0346. The minimum Gasteiger partial charge on any atom is -0.353 e. The van der Waals surface area contributed by atoms with Gasteiger partial charge in [-0.05, 0) is 32.0 Å². The van der Waals surface area contributed by atoms with Crippen molar-refractivity contribution >= 4 is 21.8 Å². The molecule has 0 fully saturated rings. The Bertz CT molecular complexity index is 437. The number of hydrogen-bond acceptors (Lipinski definition) is 3. The van der Waals surface area contributed by atoms with Crippen molar-refractivity contribution in [3.63, 3.8) is 0 Å². The van der Waals surface area contributed by atoms with Crippen molar-refractivity contribution in [2.75, 3.05) is 19.6 Å². The monoisotopic (exact) mass is 341 g/mol. The summed E-state index contributed by atoms with van der Waals surface area (Å²) in [5.41, 5.74) is 7.05. The van der Waals surface area contributed by atoms with E-state index in [0.29, 0.717) is 13.1 Å². The fourth-order valence-corrected chi connectivity index (χ4v) is 2.76. The van der Waals surface area contributed by atoms with Gasteiger partial charge in [0, 0.05) is 23.1 Å². The number of halogens is 1. The highest BCUT2D eigenvalue weighted by molar-refractivity contribution is 9.10. The molecule has 0 heterocycles. The zero-order valence-corrected chi connectivity index (χ0v) is 14.0. The first kappa shape index (κ1) is 17.1. The molecule has 1 unspecified atom stereocenters. The second-order valence-electron chi connectivity index (χ2n) is 5.06. The van der Waals surface area contributed by atoms with Crippen LogP contribution in [0.4, 0.5) is 0 Å². The molecule has 0 aliphatic carbocycles. The van der Waals surface area contributed by atoms with Gasteiger partial charge < -0.3 is 11.1 Å². The fraction of sp³-hybridized carbons (Fsp3) is 0.533. The van der Waals surface area contributed by atoms with Gasteiger partial charge in [0.1, 0.15) is 0 Å². The summed E-state index contributed by atoms with van der Waals surface area (Å²) in [6.45, 7) is 7.57. The number of carbonyl (C=O) groups excluding carboxylic acids is 1. The number of nitrogens with two attached hydrogens (primary N) is 1. The predicted octanol–water partition coefficient (Wildman–Crippen LogP) is 2.30. The van der Waals surface area contributed by atoms with Gasteiger partial charge in [-0.15, -0.1) is 0 Å². The van der Waals surface area contributed by atoms with E-state index in [9.17, 15) is 4.79 Å². The van der Waals surface area contributed by atoms with Crippen LogP contribution in [0.15, 0.2) is 28.7 Å². The van der Waals surface area contributed by atoms with Gasteiger partial charge in [-0.1, -0.05) is 41.1 Å². The van der Waals surface area contributed by atoms with Crippen LogP contribution in [0.2, 0.25) is 0 Å². The molecule has 0 saturated heterocycles. The Labute approximate surface area is 129 Å². The molecule has 0 bridgehead atoms. The second kappa shape index (κ2) is 8.39. The van der Waals surface area contributed by atoms with E-state index in [1.165, 1.54) is 0 Å². The topological polar surface area (TPSA) is 58.4 Å². The van der Waals surface area contributed by atoms with Crippen LogP contribution < -0.4 is 11.1 Å².